The fraction of sp³-hybridized carbons (Fsp3) is 0.389. The molecular formula is C18H21ClFN5O. The normalized spacial score (nSPS) is 14.5. The summed E-state index contributed by atoms with van der Waals surface area (Å²) in [6.45, 7) is 7.04. The zero-order valence-electron chi connectivity index (χ0n) is 14.8. The topological polar surface area (TPSA) is 61.4 Å². The molecule has 0 atom stereocenters. The molecule has 1 saturated heterocycles. The third kappa shape index (κ3) is 4.04. The molecule has 1 amide bonds. The summed E-state index contributed by atoms with van der Waals surface area (Å²) in [6, 6.07) is 5.74. The minimum Gasteiger partial charge on any atom is -0.370 e. The highest BCUT2D eigenvalue weighted by molar-refractivity contribution is 6.33. The fourth-order valence-electron chi connectivity index (χ4n) is 2.91. The lowest BCUT2D eigenvalue weighted by molar-refractivity contribution is 0.0746. The van der Waals surface area contributed by atoms with Gasteiger partial charge in [-0.1, -0.05) is 11.6 Å². The van der Waals surface area contributed by atoms with Crippen molar-refractivity contribution in [2.75, 3.05) is 42.9 Å². The molecule has 138 valence electrons. The summed E-state index contributed by atoms with van der Waals surface area (Å²) in [7, 11) is 0. The van der Waals surface area contributed by atoms with Crippen molar-refractivity contribution in [3.8, 4) is 0 Å². The molecule has 6 nitrogen and oxygen atoms in total. The van der Waals surface area contributed by atoms with E-state index in [9.17, 15) is 9.18 Å². The van der Waals surface area contributed by atoms with Crippen molar-refractivity contribution in [3.05, 3.63) is 46.4 Å². The van der Waals surface area contributed by atoms with Gasteiger partial charge in [-0.25, -0.2) is 9.37 Å². The number of nitrogens with zero attached hydrogens (tertiary/aromatic N) is 4. The number of carbonyl (C=O) groups is 1. The second-order valence-corrected chi connectivity index (χ2v) is 6.54. The van der Waals surface area contributed by atoms with Gasteiger partial charge in [-0.05, 0) is 32.0 Å². The third-order valence-corrected chi connectivity index (χ3v) is 4.52. The van der Waals surface area contributed by atoms with E-state index in [-0.39, 0.29) is 10.9 Å². The first kappa shape index (κ1) is 18.4. The van der Waals surface area contributed by atoms with Crippen LogP contribution in [0.1, 0.15) is 23.0 Å². The number of benzene rings is 1. The number of aryl methyl sites for hydroxylation is 1. The van der Waals surface area contributed by atoms with E-state index in [0.29, 0.717) is 37.7 Å². The molecule has 3 rings (SSSR count). The van der Waals surface area contributed by atoms with Crippen LogP contribution in [0.15, 0.2) is 24.3 Å². The summed E-state index contributed by atoms with van der Waals surface area (Å²) in [5, 5.41) is 3.33. The van der Waals surface area contributed by atoms with E-state index in [0.717, 1.165) is 24.1 Å². The summed E-state index contributed by atoms with van der Waals surface area (Å²) in [4.78, 5) is 25.4. The Labute approximate surface area is 157 Å². The van der Waals surface area contributed by atoms with Crippen LogP contribution in [0.2, 0.25) is 5.02 Å². The number of rotatable bonds is 4. The van der Waals surface area contributed by atoms with Crippen LogP contribution in [0.5, 0.6) is 0 Å². The molecule has 1 aliphatic heterocycles. The predicted molar refractivity (Wildman–Crippen MR) is 100 cm³/mol. The Balaban J connectivity index is 1.68. The first-order valence-electron chi connectivity index (χ1n) is 8.56. The molecular weight excluding hydrogens is 357 g/mol. The van der Waals surface area contributed by atoms with Gasteiger partial charge in [-0.3, -0.25) is 4.79 Å². The summed E-state index contributed by atoms with van der Waals surface area (Å²) >= 11 is 6.01. The van der Waals surface area contributed by atoms with Gasteiger partial charge in [0.2, 0.25) is 5.95 Å². The minimum absolute atomic E-state index is 0.134. The average Bonchev–Trinajstić information content (AvgIpc) is 2.61. The standard InChI is InChI=1S/C18H21ClFN5O/c1-3-21-16-10-12(2)22-18(23-16)25-8-6-24(7-9-25)17(26)14-5-4-13(20)11-15(14)19/h4-5,10-11H,3,6-9H2,1-2H3,(H,21,22,23). The fourth-order valence-corrected chi connectivity index (χ4v) is 3.16. The SMILES string of the molecule is CCNc1cc(C)nc(N2CCN(C(=O)c3ccc(F)cc3Cl)CC2)n1. The molecule has 0 saturated carbocycles. The number of carbonyl (C=O) groups excluding carboxylic acids is 1. The lowest BCUT2D eigenvalue weighted by Crippen LogP contribution is -2.49. The van der Waals surface area contributed by atoms with Crippen molar-refractivity contribution in [1.82, 2.24) is 14.9 Å². The van der Waals surface area contributed by atoms with Crippen LogP contribution in [0, 0.1) is 12.7 Å². The molecule has 0 spiro atoms. The number of nitrogens with one attached hydrogen (secondary N) is 1. The van der Waals surface area contributed by atoms with Gasteiger partial charge >= 0.3 is 0 Å². The van der Waals surface area contributed by atoms with Gasteiger partial charge in [0.25, 0.3) is 5.91 Å². The van der Waals surface area contributed by atoms with Crippen molar-refractivity contribution in [3.63, 3.8) is 0 Å². The predicted octanol–water partition coefficient (Wildman–Crippen LogP) is 2.97. The molecule has 2 aromatic rings. The van der Waals surface area contributed by atoms with Gasteiger partial charge in [-0.15, -0.1) is 0 Å². The van der Waals surface area contributed by atoms with Crippen molar-refractivity contribution in [2.24, 2.45) is 0 Å². The maximum atomic E-state index is 13.2. The molecule has 1 aromatic carbocycles. The van der Waals surface area contributed by atoms with E-state index in [1.54, 1.807) is 4.90 Å². The van der Waals surface area contributed by atoms with Crippen LogP contribution in [-0.2, 0) is 0 Å². The quantitative estimate of drug-likeness (QED) is 0.887. The van der Waals surface area contributed by atoms with Gasteiger partial charge in [0, 0.05) is 44.5 Å². The monoisotopic (exact) mass is 377 g/mol. The highest BCUT2D eigenvalue weighted by atomic mass is 35.5. The van der Waals surface area contributed by atoms with Gasteiger partial charge in [0.1, 0.15) is 11.6 Å². The Kier molecular flexibility index (Phi) is 5.56. The van der Waals surface area contributed by atoms with Crippen LogP contribution >= 0.6 is 11.6 Å². The van der Waals surface area contributed by atoms with E-state index >= 15 is 0 Å². The van der Waals surface area contributed by atoms with E-state index < -0.39 is 5.82 Å². The van der Waals surface area contributed by atoms with Gasteiger partial charge in [-0.2, -0.15) is 4.98 Å². The van der Waals surface area contributed by atoms with Crippen LogP contribution < -0.4 is 10.2 Å². The Morgan fingerprint density at radius 2 is 1.96 bits per heavy atom. The van der Waals surface area contributed by atoms with E-state index in [1.165, 1.54) is 12.1 Å². The maximum Gasteiger partial charge on any atom is 0.255 e. The summed E-state index contributed by atoms with van der Waals surface area (Å²) in [5.74, 6) is 0.817. The molecule has 0 radical (unpaired) electrons. The number of halogens is 2. The van der Waals surface area contributed by atoms with Crippen molar-refractivity contribution >= 4 is 29.3 Å². The first-order chi connectivity index (χ1) is 12.5. The number of aromatic nitrogens is 2. The van der Waals surface area contributed by atoms with Crippen LogP contribution in [0.3, 0.4) is 0 Å². The Bertz CT molecular complexity index is 808. The zero-order chi connectivity index (χ0) is 18.7. The molecule has 1 N–H and O–H groups in total. The smallest absolute Gasteiger partial charge is 0.255 e. The molecule has 0 unspecified atom stereocenters. The van der Waals surface area contributed by atoms with Crippen molar-refractivity contribution < 1.29 is 9.18 Å². The Morgan fingerprint density at radius 3 is 2.62 bits per heavy atom. The number of piperazine rings is 1. The second-order valence-electron chi connectivity index (χ2n) is 6.13. The number of amides is 1. The largest absolute Gasteiger partial charge is 0.370 e. The molecule has 1 aliphatic rings. The molecule has 0 aliphatic carbocycles. The number of anilines is 2. The van der Waals surface area contributed by atoms with Crippen LogP contribution in [0.4, 0.5) is 16.2 Å². The first-order valence-corrected chi connectivity index (χ1v) is 8.94. The summed E-state index contributed by atoms with van der Waals surface area (Å²) < 4.78 is 13.2. The average molecular weight is 378 g/mol. The lowest BCUT2D eigenvalue weighted by atomic mass is 10.1. The molecule has 8 heteroatoms. The van der Waals surface area contributed by atoms with Crippen LogP contribution in [0.25, 0.3) is 0 Å². The Morgan fingerprint density at radius 1 is 1.23 bits per heavy atom. The van der Waals surface area contributed by atoms with Crippen molar-refractivity contribution in [2.45, 2.75) is 13.8 Å². The van der Waals surface area contributed by atoms with E-state index in [4.69, 9.17) is 11.6 Å². The van der Waals surface area contributed by atoms with Gasteiger partial charge in [0.15, 0.2) is 0 Å². The lowest BCUT2D eigenvalue weighted by Gasteiger charge is -2.35. The molecule has 26 heavy (non-hydrogen) atoms. The molecule has 1 aromatic heterocycles. The Hall–Kier alpha value is -2.41. The van der Waals surface area contributed by atoms with Crippen molar-refractivity contribution in [1.29, 1.82) is 0 Å². The highest BCUT2D eigenvalue weighted by Gasteiger charge is 2.25. The van der Waals surface area contributed by atoms with E-state index in [2.05, 4.69) is 20.2 Å². The third-order valence-electron chi connectivity index (χ3n) is 4.21. The highest BCUT2D eigenvalue weighted by Crippen LogP contribution is 2.21. The summed E-state index contributed by atoms with van der Waals surface area (Å²) in [6.07, 6.45) is 0. The molecule has 0 bridgehead atoms. The van der Waals surface area contributed by atoms with Gasteiger partial charge < -0.3 is 15.1 Å². The second kappa shape index (κ2) is 7.86. The molecule has 2 heterocycles. The van der Waals surface area contributed by atoms with Crippen LogP contribution in [-0.4, -0.2) is 53.5 Å². The maximum absolute atomic E-state index is 13.2. The number of hydrogen-bond acceptors (Lipinski definition) is 5. The van der Waals surface area contributed by atoms with Gasteiger partial charge in [0.05, 0.1) is 10.6 Å². The molecule has 1 fully saturated rings. The zero-order valence-corrected chi connectivity index (χ0v) is 15.6. The number of hydrogen-bond donors (Lipinski definition) is 1. The summed E-state index contributed by atoms with van der Waals surface area (Å²) in [5.41, 5.74) is 1.21. The van der Waals surface area contributed by atoms with E-state index in [1.807, 2.05) is 19.9 Å². The minimum atomic E-state index is -0.454.